The van der Waals surface area contributed by atoms with Gasteiger partial charge < -0.3 is 19.1 Å². The van der Waals surface area contributed by atoms with Crippen LogP contribution in [0.25, 0.3) is 0 Å². The predicted octanol–water partition coefficient (Wildman–Crippen LogP) is 2.98. The molecule has 0 heterocycles. The second-order valence-corrected chi connectivity index (χ2v) is 6.31. The van der Waals surface area contributed by atoms with Crippen molar-refractivity contribution in [3.8, 4) is 0 Å². The third kappa shape index (κ3) is 6.95. The first-order chi connectivity index (χ1) is 12.1. The fourth-order valence-corrected chi connectivity index (χ4v) is 2.64. The van der Waals surface area contributed by atoms with E-state index in [1.54, 1.807) is 0 Å². The molecule has 0 bridgehead atoms. The highest BCUT2D eigenvalue weighted by atomic mass is 16.7. The first kappa shape index (κ1) is 19.0. The summed E-state index contributed by atoms with van der Waals surface area (Å²) in [7, 11) is 2.04. The quantitative estimate of drug-likeness (QED) is 0.561. The molecule has 2 aromatic rings. The van der Waals surface area contributed by atoms with Gasteiger partial charge >= 0.3 is 6.16 Å². The molecular weight excluding hydrogens is 318 g/mol. The normalized spacial score (nSPS) is 13.0. The van der Waals surface area contributed by atoms with Gasteiger partial charge in [0, 0.05) is 5.56 Å². The summed E-state index contributed by atoms with van der Waals surface area (Å²) in [5.41, 5.74) is 2.11. The van der Waals surface area contributed by atoms with Gasteiger partial charge in [0.05, 0.1) is 13.7 Å². The number of hydrogen-bond donors (Lipinski definition) is 1. The molecule has 0 aliphatic heterocycles. The molecule has 0 saturated carbocycles. The van der Waals surface area contributed by atoms with E-state index in [4.69, 9.17) is 9.47 Å². The van der Waals surface area contributed by atoms with Gasteiger partial charge in [-0.25, -0.2) is 4.79 Å². The van der Waals surface area contributed by atoms with Crippen LogP contribution in [0.1, 0.15) is 11.1 Å². The van der Waals surface area contributed by atoms with Gasteiger partial charge in [0.2, 0.25) is 0 Å². The lowest BCUT2D eigenvalue weighted by atomic mass is 10.2. The number of aliphatic hydroxyl groups excluding tert-OH is 1. The molecule has 1 unspecified atom stereocenters. The van der Waals surface area contributed by atoms with Gasteiger partial charge in [-0.3, -0.25) is 0 Å². The summed E-state index contributed by atoms with van der Waals surface area (Å²) in [6.45, 7) is 2.50. The number of quaternary nitrogens is 1. The van der Waals surface area contributed by atoms with Crippen molar-refractivity contribution >= 4 is 6.16 Å². The van der Waals surface area contributed by atoms with E-state index in [0.29, 0.717) is 17.6 Å². The summed E-state index contributed by atoms with van der Waals surface area (Å²) in [5.74, 6) is 0. The number of ether oxygens (including phenoxy) is 2. The largest absolute Gasteiger partial charge is 0.508 e. The number of carbonyl (C=O) groups excluding carboxylic acids is 1. The molecule has 2 rings (SSSR count). The Balaban J connectivity index is 1.77. The average molecular weight is 344 g/mol. The van der Waals surface area contributed by atoms with Gasteiger partial charge in [0.15, 0.2) is 0 Å². The molecular formula is C20H26NO4+. The maximum absolute atomic E-state index is 11.7. The number of benzene rings is 2. The van der Waals surface area contributed by atoms with E-state index < -0.39 is 6.16 Å². The van der Waals surface area contributed by atoms with Crippen LogP contribution < -0.4 is 0 Å². The van der Waals surface area contributed by atoms with Crippen molar-refractivity contribution in [2.75, 3.05) is 33.4 Å². The first-order valence-corrected chi connectivity index (χ1v) is 8.43. The Bertz CT molecular complexity index is 633. The molecule has 0 fully saturated rings. The topological polar surface area (TPSA) is 55.8 Å². The van der Waals surface area contributed by atoms with Gasteiger partial charge in [0.1, 0.15) is 32.8 Å². The molecule has 25 heavy (non-hydrogen) atoms. The summed E-state index contributed by atoms with van der Waals surface area (Å²) in [4.78, 5) is 11.7. The van der Waals surface area contributed by atoms with Gasteiger partial charge in [-0.15, -0.1) is 0 Å². The van der Waals surface area contributed by atoms with Gasteiger partial charge in [-0.2, -0.15) is 0 Å². The summed E-state index contributed by atoms with van der Waals surface area (Å²) in [6.07, 6.45) is -0.667. The highest BCUT2D eigenvalue weighted by Gasteiger charge is 2.22. The van der Waals surface area contributed by atoms with E-state index in [1.807, 2.05) is 55.6 Å². The SMILES string of the molecule is C[N+](CCO)(CCOC(=O)OCc1ccccc1)Cc1ccccc1. The highest BCUT2D eigenvalue weighted by Crippen LogP contribution is 2.11. The molecule has 0 spiro atoms. The minimum atomic E-state index is -0.667. The maximum Gasteiger partial charge on any atom is 0.508 e. The molecule has 134 valence electrons. The zero-order chi connectivity index (χ0) is 18.0. The molecule has 0 aliphatic carbocycles. The number of hydrogen-bond acceptors (Lipinski definition) is 4. The Morgan fingerprint density at radius 3 is 2.12 bits per heavy atom. The predicted molar refractivity (Wildman–Crippen MR) is 95.7 cm³/mol. The van der Waals surface area contributed by atoms with Crippen molar-refractivity contribution in [3.05, 3.63) is 71.8 Å². The van der Waals surface area contributed by atoms with E-state index in [1.165, 1.54) is 5.56 Å². The van der Waals surface area contributed by atoms with Crippen LogP contribution in [0.2, 0.25) is 0 Å². The van der Waals surface area contributed by atoms with Crippen molar-refractivity contribution in [2.24, 2.45) is 0 Å². The smallest absolute Gasteiger partial charge is 0.429 e. The number of nitrogens with zero attached hydrogens (tertiary/aromatic N) is 1. The van der Waals surface area contributed by atoms with E-state index >= 15 is 0 Å². The van der Waals surface area contributed by atoms with Crippen LogP contribution in [0.4, 0.5) is 4.79 Å². The number of rotatable bonds is 9. The van der Waals surface area contributed by atoms with Crippen LogP contribution in [-0.2, 0) is 22.6 Å². The maximum atomic E-state index is 11.7. The number of likely N-dealkylation sites (N-methyl/N-ethyl adjacent to an activating group) is 1. The van der Waals surface area contributed by atoms with Crippen LogP contribution in [-0.4, -0.2) is 49.1 Å². The third-order valence-electron chi connectivity index (χ3n) is 4.10. The lowest BCUT2D eigenvalue weighted by Crippen LogP contribution is -2.47. The molecule has 0 aliphatic rings. The highest BCUT2D eigenvalue weighted by molar-refractivity contribution is 5.59. The monoisotopic (exact) mass is 344 g/mol. The Labute approximate surface area is 149 Å². The first-order valence-electron chi connectivity index (χ1n) is 8.43. The van der Waals surface area contributed by atoms with Crippen LogP contribution >= 0.6 is 0 Å². The van der Waals surface area contributed by atoms with E-state index in [9.17, 15) is 9.90 Å². The van der Waals surface area contributed by atoms with Crippen molar-refractivity contribution < 1.29 is 23.9 Å². The molecule has 0 radical (unpaired) electrons. The minimum Gasteiger partial charge on any atom is -0.429 e. The van der Waals surface area contributed by atoms with E-state index in [-0.39, 0.29) is 19.8 Å². The molecule has 2 aromatic carbocycles. The van der Waals surface area contributed by atoms with Crippen LogP contribution in [0.5, 0.6) is 0 Å². The second kappa shape index (κ2) is 9.81. The van der Waals surface area contributed by atoms with Crippen molar-refractivity contribution in [2.45, 2.75) is 13.2 Å². The lowest BCUT2D eigenvalue weighted by molar-refractivity contribution is -0.923. The average Bonchev–Trinajstić information content (AvgIpc) is 2.62. The Morgan fingerprint density at radius 2 is 1.52 bits per heavy atom. The molecule has 0 saturated heterocycles. The summed E-state index contributed by atoms with van der Waals surface area (Å²) >= 11 is 0. The number of aliphatic hydroxyl groups is 1. The second-order valence-electron chi connectivity index (χ2n) is 6.31. The third-order valence-corrected chi connectivity index (χ3v) is 4.10. The zero-order valence-corrected chi connectivity index (χ0v) is 14.6. The van der Waals surface area contributed by atoms with Crippen LogP contribution in [0.15, 0.2) is 60.7 Å². The summed E-state index contributed by atoms with van der Waals surface area (Å²) in [6, 6.07) is 19.6. The fourth-order valence-electron chi connectivity index (χ4n) is 2.64. The lowest BCUT2D eigenvalue weighted by Gasteiger charge is -2.33. The zero-order valence-electron chi connectivity index (χ0n) is 14.6. The van der Waals surface area contributed by atoms with Crippen LogP contribution in [0.3, 0.4) is 0 Å². The molecule has 1 atom stereocenters. The fraction of sp³-hybridized carbons (Fsp3) is 0.350. The Morgan fingerprint density at radius 1 is 0.920 bits per heavy atom. The summed E-state index contributed by atoms with van der Waals surface area (Å²) in [5, 5.41) is 9.35. The molecule has 0 amide bonds. The number of carbonyl (C=O) groups is 1. The Hall–Kier alpha value is -2.37. The minimum absolute atomic E-state index is 0.0851. The molecule has 1 N–H and O–H groups in total. The molecule has 5 nitrogen and oxygen atoms in total. The molecule has 0 aromatic heterocycles. The van der Waals surface area contributed by atoms with Crippen molar-refractivity contribution in [1.29, 1.82) is 0 Å². The van der Waals surface area contributed by atoms with Crippen molar-refractivity contribution in [3.63, 3.8) is 0 Å². The standard InChI is InChI=1S/C20H26NO4/c1-21(12-14-22,16-18-8-4-2-5-9-18)13-15-24-20(23)25-17-19-10-6-3-7-11-19/h2-11,22H,12-17H2,1H3/q+1. The van der Waals surface area contributed by atoms with E-state index in [2.05, 4.69) is 12.1 Å². The molecule has 5 heteroatoms. The Kier molecular flexibility index (Phi) is 7.44. The van der Waals surface area contributed by atoms with Gasteiger partial charge in [-0.1, -0.05) is 60.7 Å². The summed E-state index contributed by atoms with van der Waals surface area (Å²) < 4.78 is 10.9. The van der Waals surface area contributed by atoms with Gasteiger partial charge in [0.25, 0.3) is 0 Å². The van der Waals surface area contributed by atoms with Crippen molar-refractivity contribution in [1.82, 2.24) is 0 Å². The van der Waals surface area contributed by atoms with Crippen LogP contribution in [0, 0.1) is 0 Å². The van der Waals surface area contributed by atoms with E-state index in [0.717, 1.165) is 12.1 Å². The van der Waals surface area contributed by atoms with Gasteiger partial charge in [-0.05, 0) is 5.56 Å².